The van der Waals surface area contributed by atoms with E-state index in [0.29, 0.717) is 11.8 Å². The Bertz CT molecular complexity index is 361. The zero-order chi connectivity index (χ0) is 13.9. The molecule has 3 heterocycles. The molecule has 20 heavy (non-hydrogen) atoms. The first-order valence-electron chi connectivity index (χ1n) is 8.12. The quantitative estimate of drug-likeness (QED) is 0.773. The molecule has 4 fully saturated rings. The van der Waals surface area contributed by atoms with Gasteiger partial charge in [0.15, 0.2) is 0 Å². The summed E-state index contributed by atoms with van der Waals surface area (Å²) in [4.78, 5) is 28.2. The molecule has 0 N–H and O–H groups in total. The summed E-state index contributed by atoms with van der Waals surface area (Å²) in [6.07, 6.45) is 9.81. The molecule has 0 unspecified atom stereocenters. The molecule has 1 saturated carbocycles. The Labute approximate surface area is 121 Å². The van der Waals surface area contributed by atoms with Gasteiger partial charge in [-0.05, 0) is 50.4 Å². The van der Waals surface area contributed by atoms with E-state index in [1.165, 1.54) is 25.7 Å². The Kier molecular flexibility index (Phi) is 4.27. The molecule has 1 radical (unpaired) electrons. The lowest BCUT2D eigenvalue weighted by atomic mass is 9.84. The lowest BCUT2D eigenvalue weighted by Gasteiger charge is -2.27. The molecule has 3 aliphatic heterocycles. The van der Waals surface area contributed by atoms with E-state index in [1.54, 1.807) is 11.3 Å². The Balaban J connectivity index is 1.59. The topological polar surface area (TPSA) is 40.6 Å². The van der Waals surface area contributed by atoms with Crippen molar-refractivity contribution >= 4 is 11.8 Å². The van der Waals surface area contributed by atoms with Crippen LogP contribution in [-0.4, -0.2) is 47.8 Å². The monoisotopic (exact) mass is 277 g/mol. The van der Waals surface area contributed by atoms with Gasteiger partial charge in [-0.2, -0.15) is 0 Å². The standard InChI is InChI=1S/C16H25N2O2/c19-15-4-2-1-3-9-17(15)12-16(20)18-10-13-5-6-14(11-18)8-7-13/h4,13-14H,1-3,5-12H2. The summed E-state index contributed by atoms with van der Waals surface area (Å²) in [5.41, 5.74) is 0. The second-order valence-electron chi connectivity index (χ2n) is 6.65. The lowest BCUT2D eigenvalue weighted by Crippen LogP contribution is -2.44. The fraction of sp³-hybridized carbons (Fsp3) is 0.812. The predicted octanol–water partition coefficient (Wildman–Crippen LogP) is 1.85. The van der Waals surface area contributed by atoms with Crippen LogP contribution in [-0.2, 0) is 9.59 Å². The number of hydrogen-bond acceptors (Lipinski definition) is 2. The fourth-order valence-corrected chi connectivity index (χ4v) is 3.83. The van der Waals surface area contributed by atoms with Gasteiger partial charge in [0.05, 0.1) is 6.54 Å². The third-order valence-electron chi connectivity index (χ3n) is 5.12. The minimum Gasteiger partial charge on any atom is -0.341 e. The molecule has 4 rings (SSSR count). The van der Waals surface area contributed by atoms with Crippen LogP contribution >= 0.6 is 0 Å². The van der Waals surface area contributed by atoms with Crippen molar-refractivity contribution in [3.63, 3.8) is 0 Å². The zero-order valence-electron chi connectivity index (χ0n) is 12.2. The number of fused-ring (bicyclic) bond motifs is 4. The second kappa shape index (κ2) is 6.15. The summed E-state index contributed by atoms with van der Waals surface area (Å²) in [6, 6.07) is 0. The third-order valence-corrected chi connectivity index (χ3v) is 5.12. The highest BCUT2D eigenvalue weighted by Crippen LogP contribution is 2.33. The Morgan fingerprint density at radius 3 is 2.40 bits per heavy atom. The van der Waals surface area contributed by atoms with Crippen molar-refractivity contribution in [1.82, 2.24) is 9.80 Å². The van der Waals surface area contributed by atoms with Gasteiger partial charge in [-0.3, -0.25) is 9.59 Å². The molecule has 2 bridgehead atoms. The summed E-state index contributed by atoms with van der Waals surface area (Å²) in [5, 5.41) is 0. The number of hydrogen-bond donors (Lipinski definition) is 0. The SMILES string of the molecule is O=C1[CH]CCCCN1CC(=O)N1CC2CCC(CC2)C1. The second-order valence-corrected chi connectivity index (χ2v) is 6.65. The molecule has 0 atom stereocenters. The maximum atomic E-state index is 12.5. The highest BCUT2D eigenvalue weighted by Gasteiger charge is 2.32. The molecule has 0 aromatic rings. The van der Waals surface area contributed by atoms with Crippen LogP contribution < -0.4 is 0 Å². The largest absolute Gasteiger partial charge is 0.341 e. The molecule has 2 amide bonds. The maximum absolute atomic E-state index is 12.5. The van der Waals surface area contributed by atoms with Gasteiger partial charge in [-0.25, -0.2) is 0 Å². The summed E-state index contributed by atoms with van der Waals surface area (Å²) >= 11 is 0. The average molecular weight is 277 g/mol. The van der Waals surface area contributed by atoms with E-state index in [9.17, 15) is 9.59 Å². The van der Waals surface area contributed by atoms with E-state index < -0.39 is 0 Å². The smallest absolute Gasteiger partial charge is 0.242 e. The molecule has 0 aromatic heterocycles. The van der Waals surface area contributed by atoms with Crippen LogP contribution in [0, 0.1) is 18.3 Å². The third kappa shape index (κ3) is 3.15. The van der Waals surface area contributed by atoms with Crippen molar-refractivity contribution in [2.75, 3.05) is 26.2 Å². The first-order valence-corrected chi connectivity index (χ1v) is 8.12. The van der Waals surface area contributed by atoms with Gasteiger partial charge in [0, 0.05) is 26.1 Å². The zero-order valence-corrected chi connectivity index (χ0v) is 12.2. The van der Waals surface area contributed by atoms with Crippen molar-refractivity contribution in [3.05, 3.63) is 6.42 Å². The molecule has 4 nitrogen and oxygen atoms in total. The Morgan fingerprint density at radius 1 is 1.10 bits per heavy atom. The van der Waals surface area contributed by atoms with Crippen molar-refractivity contribution in [2.24, 2.45) is 11.8 Å². The normalized spacial score (nSPS) is 31.1. The van der Waals surface area contributed by atoms with Crippen LogP contribution in [0.4, 0.5) is 0 Å². The van der Waals surface area contributed by atoms with Crippen LogP contribution in [0.25, 0.3) is 0 Å². The molecular weight excluding hydrogens is 252 g/mol. The summed E-state index contributed by atoms with van der Waals surface area (Å²) in [7, 11) is 0. The van der Waals surface area contributed by atoms with E-state index in [0.717, 1.165) is 38.9 Å². The molecule has 4 heteroatoms. The van der Waals surface area contributed by atoms with Gasteiger partial charge in [-0.1, -0.05) is 6.42 Å². The predicted molar refractivity (Wildman–Crippen MR) is 76.8 cm³/mol. The number of amides is 2. The molecule has 0 spiro atoms. The minimum atomic E-state index is 0.0497. The average Bonchev–Trinajstić information content (AvgIpc) is 2.86. The molecular formula is C16H25N2O2. The lowest BCUT2D eigenvalue weighted by molar-refractivity contribution is -0.139. The summed E-state index contributed by atoms with van der Waals surface area (Å²) in [6.45, 7) is 2.86. The minimum absolute atomic E-state index is 0.0497. The number of nitrogens with zero attached hydrogens (tertiary/aromatic N) is 2. The van der Waals surface area contributed by atoms with Gasteiger partial charge in [0.2, 0.25) is 11.8 Å². The van der Waals surface area contributed by atoms with Crippen molar-refractivity contribution in [2.45, 2.75) is 44.9 Å². The number of carbonyl (C=O) groups excluding carboxylic acids is 2. The molecule has 1 aliphatic carbocycles. The van der Waals surface area contributed by atoms with Crippen LogP contribution in [0.2, 0.25) is 0 Å². The highest BCUT2D eigenvalue weighted by molar-refractivity contribution is 5.89. The molecule has 111 valence electrons. The van der Waals surface area contributed by atoms with Crippen LogP contribution in [0.5, 0.6) is 0 Å². The maximum Gasteiger partial charge on any atom is 0.242 e. The van der Waals surface area contributed by atoms with Crippen LogP contribution in [0.1, 0.15) is 44.9 Å². The first-order chi connectivity index (χ1) is 9.72. The van der Waals surface area contributed by atoms with Gasteiger partial charge in [0.25, 0.3) is 0 Å². The number of rotatable bonds is 2. The fourth-order valence-electron chi connectivity index (χ4n) is 3.83. The van der Waals surface area contributed by atoms with Gasteiger partial charge >= 0.3 is 0 Å². The Morgan fingerprint density at radius 2 is 1.75 bits per heavy atom. The highest BCUT2D eigenvalue weighted by atomic mass is 16.2. The van der Waals surface area contributed by atoms with Crippen LogP contribution in [0.3, 0.4) is 0 Å². The van der Waals surface area contributed by atoms with Crippen molar-refractivity contribution < 1.29 is 9.59 Å². The van der Waals surface area contributed by atoms with Crippen LogP contribution in [0.15, 0.2) is 0 Å². The molecule has 4 aliphatic rings. The van der Waals surface area contributed by atoms with E-state index in [1.807, 2.05) is 4.90 Å². The molecule has 0 aromatic carbocycles. The number of carbonyl (C=O) groups is 2. The van der Waals surface area contributed by atoms with Gasteiger partial charge in [0.1, 0.15) is 0 Å². The molecule has 3 saturated heterocycles. The first kappa shape index (κ1) is 13.9. The van der Waals surface area contributed by atoms with E-state index in [-0.39, 0.29) is 18.4 Å². The summed E-state index contributed by atoms with van der Waals surface area (Å²) < 4.78 is 0. The van der Waals surface area contributed by atoms with Crippen molar-refractivity contribution in [3.8, 4) is 0 Å². The van der Waals surface area contributed by atoms with E-state index in [2.05, 4.69) is 0 Å². The summed E-state index contributed by atoms with van der Waals surface area (Å²) in [5.74, 6) is 1.61. The van der Waals surface area contributed by atoms with Gasteiger partial charge < -0.3 is 9.80 Å². The van der Waals surface area contributed by atoms with E-state index in [4.69, 9.17) is 0 Å². The van der Waals surface area contributed by atoms with E-state index >= 15 is 0 Å². The number of likely N-dealkylation sites (tertiary alicyclic amines) is 1. The van der Waals surface area contributed by atoms with Gasteiger partial charge in [-0.15, -0.1) is 0 Å². The van der Waals surface area contributed by atoms with Crippen molar-refractivity contribution in [1.29, 1.82) is 0 Å². The Hall–Kier alpha value is -1.06.